The number of rotatable bonds is 3. The summed E-state index contributed by atoms with van der Waals surface area (Å²) in [4.78, 5) is 12.0. The molecule has 2 rings (SSSR count). The highest BCUT2D eigenvalue weighted by Gasteiger charge is 2.11. The van der Waals surface area contributed by atoms with Crippen molar-refractivity contribution in [2.75, 3.05) is 5.32 Å². The van der Waals surface area contributed by atoms with Gasteiger partial charge in [-0.2, -0.15) is 0 Å². The first-order valence-electron chi connectivity index (χ1n) is 6.00. The average Bonchev–Trinajstić information content (AvgIpc) is 2.42. The van der Waals surface area contributed by atoms with Crippen molar-refractivity contribution in [2.45, 2.75) is 13.5 Å². The molecule has 19 heavy (non-hydrogen) atoms. The van der Waals surface area contributed by atoms with E-state index in [0.717, 1.165) is 11.1 Å². The van der Waals surface area contributed by atoms with Gasteiger partial charge in [0.25, 0.3) is 5.91 Å². The molecule has 2 aromatic rings. The summed E-state index contributed by atoms with van der Waals surface area (Å²) >= 11 is 0. The van der Waals surface area contributed by atoms with Crippen LogP contribution in [0.4, 0.5) is 5.69 Å². The largest absolute Gasteiger partial charge is 0.507 e. The van der Waals surface area contributed by atoms with E-state index < -0.39 is 0 Å². The molecular weight excluding hydrogens is 240 g/mol. The Kier molecular flexibility index (Phi) is 3.82. The Morgan fingerprint density at radius 1 is 1.21 bits per heavy atom. The predicted molar refractivity (Wildman–Crippen MR) is 75.1 cm³/mol. The maximum Gasteiger partial charge on any atom is 0.259 e. The first-order valence-corrected chi connectivity index (χ1v) is 6.00. The molecule has 2 aromatic carbocycles. The normalized spacial score (nSPS) is 10.2. The van der Waals surface area contributed by atoms with E-state index in [2.05, 4.69) is 5.32 Å². The molecule has 0 unspecified atom stereocenters. The zero-order valence-corrected chi connectivity index (χ0v) is 10.7. The summed E-state index contributed by atoms with van der Waals surface area (Å²) in [6.07, 6.45) is 0. The highest BCUT2D eigenvalue weighted by Crippen LogP contribution is 2.20. The van der Waals surface area contributed by atoms with Crippen LogP contribution in [0.15, 0.2) is 42.5 Å². The number of benzene rings is 2. The fourth-order valence-electron chi connectivity index (χ4n) is 1.75. The lowest BCUT2D eigenvalue weighted by Gasteiger charge is -2.08. The average molecular weight is 256 g/mol. The number of nitrogens with two attached hydrogens (primary N) is 1. The van der Waals surface area contributed by atoms with E-state index in [9.17, 15) is 9.90 Å². The van der Waals surface area contributed by atoms with Gasteiger partial charge in [0.2, 0.25) is 0 Å². The van der Waals surface area contributed by atoms with E-state index >= 15 is 0 Å². The predicted octanol–water partition coefficient (Wildman–Crippen LogP) is 2.41. The van der Waals surface area contributed by atoms with Gasteiger partial charge in [0.05, 0.1) is 5.56 Å². The number of carbonyl (C=O) groups excluding carboxylic acids is 1. The zero-order chi connectivity index (χ0) is 13.8. The number of nitrogens with one attached hydrogen (secondary N) is 1. The van der Waals surface area contributed by atoms with Crippen LogP contribution in [-0.2, 0) is 6.54 Å². The molecule has 4 N–H and O–H groups in total. The number of phenols is 1. The Morgan fingerprint density at radius 3 is 2.53 bits per heavy atom. The highest BCUT2D eigenvalue weighted by atomic mass is 16.3. The maximum atomic E-state index is 12.0. The van der Waals surface area contributed by atoms with Gasteiger partial charge < -0.3 is 16.2 Å². The van der Waals surface area contributed by atoms with Gasteiger partial charge >= 0.3 is 0 Å². The molecule has 0 bridgehead atoms. The number of hydrogen-bond donors (Lipinski definition) is 3. The number of carbonyl (C=O) groups is 1. The van der Waals surface area contributed by atoms with Gasteiger partial charge in [-0.05, 0) is 36.8 Å². The summed E-state index contributed by atoms with van der Waals surface area (Å²) in [5, 5.41) is 12.4. The number of anilines is 1. The van der Waals surface area contributed by atoms with Crippen LogP contribution in [-0.4, -0.2) is 11.0 Å². The molecule has 0 fully saturated rings. The van der Waals surface area contributed by atoms with E-state index in [4.69, 9.17) is 5.73 Å². The minimum atomic E-state index is -0.332. The second-order valence-electron chi connectivity index (χ2n) is 4.38. The molecular formula is C15H16N2O2. The van der Waals surface area contributed by atoms with Crippen LogP contribution in [0.5, 0.6) is 5.75 Å². The lowest BCUT2D eigenvalue weighted by atomic mass is 10.1. The van der Waals surface area contributed by atoms with Crippen LogP contribution in [0.3, 0.4) is 0 Å². The Bertz CT molecular complexity index is 592. The van der Waals surface area contributed by atoms with Crippen molar-refractivity contribution in [3.05, 3.63) is 59.2 Å². The first-order chi connectivity index (χ1) is 9.10. The summed E-state index contributed by atoms with van der Waals surface area (Å²) in [6, 6.07) is 12.2. The van der Waals surface area contributed by atoms with E-state index in [-0.39, 0.29) is 17.2 Å². The Hall–Kier alpha value is -2.33. The number of aryl methyl sites for hydroxylation is 1. The molecule has 0 saturated carbocycles. The summed E-state index contributed by atoms with van der Waals surface area (Å²) in [5.41, 5.74) is 8.36. The summed E-state index contributed by atoms with van der Waals surface area (Å²) in [6.45, 7) is 2.33. The van der Waals surface area contributed by atoms with Crippen LogP contribution in [0.1, 0.15) is 21.5 Å². The minimum absolute atomic E-state index is 0.0262. The van der Waals surface area contributed by atoms with Crippen LogP contribution < -0.4 is 11.1 Å². The SMILES string of the molecule is Cc1ccc(O)c(C(=O)Nc2ccc(CN)cc2)c1. The molecule has 0 radical (unpaired) electrons. The van der Waals surface area contributed by atoms with E-state index in [1.807, 2.05) is 19.1 Å². The first kappa shape index (κ1) is 13.1. The van der Waals surface area contributed by atoms with Gasteiger partial charge in [-0.1, -0.05) is 23.8 Å². The van der Waals surface area contributed by atoms with Crippen LogP contribution in [0, 0.1) is 6.92 Å². The Balaban J connectivity index is 2.18. The van der Waals surface area contributed by atoms with Crippen LogP contribution in [0.2, 0.25) is 0 Å². The number of phenolic OH excluding ortho intramolecular Hbond substituents is 1. The summed E-state index contributed by atoms with van der Waals surface area (Å²) in [7, 11) is 0. The van der Waals surface area contributed by atoms with Crippen LogP contribution >= 0.6 is 0 Å². The molecule has 0 atom stereocenters. The topological polar surface area (TPSA) is 75.3 Å². The lowest BCUT2D eigenvalue weighted by molar-refractivity contribution is 0.102. The molecule has 0 aromatic heterocycles. The molecule has 0 aliphatic carbocycles. The third-order valence-electron chi connectivity index (χ3n) is 2.84. The van der Waals surface area contributed by atoms with Gasteiger partial charge in [-0.3, -0.25) is 4.79 Å². The number of aromatic hydroxyl groups is 1. The van der Waals surface area contributed by atoms with Crippen molar-refractivity contribution in [3.8, 4) is 5.75 Å². The summed E-state index contributed by atoms with van der Waals surface area (Å²) in [5.74, 6) is -0.358. The Morgan fingerprint density at radius 2 is 1.89 bits per heavy atom. The van der Waals surface area contributed by atoms with Crippen molar-refractivity contribution in [2.24, 2.45) is 5.73 Å². The molecule has 0 spiro atoms. The minimum Gasteiger partial charge on any atom is -0.507 e. The third kappa shape index (κ3) is 3.11. The molecule has 0 aliphatic heterocycles. The van der Waals surface area contributed by atoms with Crippen molar-refractivity contribution < 1.29 is 9.90 Å². The second-order valence-corrected chi connectivity index (χ2v) is 4.38. The molecule has 4 heteroatoms. The fraction of sp³-hybridized carbons (Fsp3) is 0.133. The standard InChI is InChI=1S/C15H16N2O2/c1-10-2-7-14(18)13(8-10)15(19)17-12-5-3-11(9-16)4-6-12/h2-8,18H,9,16H2,1H3,(H,17,19). The highest BCUT2D eigenvalue weighted by molar-refractivity contribution is 6.06. The fourth-order valence-corrected chi connectivity index (χ4v) is 1.75. The van der Waals surface area contributed by atoms with Gasteiger partial charge in [0, 0.05) is 12.2 Å². The Labute approximate surface area is 111 Å². The van der Waals surface area contributed by atoms with E-state index in [1.54, 1.807) is 24.3 Å². The molecule has 1 amide bonds. The summed E-state index contributed by atoms with van der Waals surface area (Å²) < 4.78 is 0. The molecule has 0 heterocycles. The smallest absolute Gasteiger partial charge is 0.259 e. The van der Waals surface area contributed by atoms with Gasteiger partial charge in [-0.25, -0.2) is 0 Å². The van der Waals surface area contributed by atoms with E-state index in [0.29, 0.717) is 12.2 Å². The van der Waals surface area contributed by atoms with Gasteiger partial charge in [0.1, 0.15) is 5.75 Å². The van der Waals surface area contributed by atoms with Crippen LogP contribution in [0.25, 0.3) is 0 Å². The second kappa shape index (κ2) is 5.54. The van der Waals surface area contributed by atoms with Crippen molar-refractivity contribution >= 4 is 11.6 Å². The zero-order valence-electron chi connectivity index (χ0n) is 10.7. The molecule has 98 valence electrons. The van der Waals surface area contributed by atoms with Crippen molar-refractivity contribution in [1.29, 1.82) is 0 Å². The quantitative estimate of drug-likeness (QED) is 0.789. The third-order valence-corrected chi connectivity index (χ3v) is 2.84. The van der Waals surface area contributed by atoms with E-state index in [1.165, 1.54) is 6.07 Å². The molecule has 4 nitrogen and oxygen atoms in total. The monoisotopic (exact) mass is 256 g/mol. The van der Waals surface area contributed by atoms with Crippen molar-refractivity contribution in [1.82, 2.24) is 0 Å². The lowest BCUT2D eigenvalue weighted by Crippen LogP contribution is -2.12. The van der Waals surface area contributed by atoms with Gasteiger partial charge in [0.15, 0.2) is 0 Å². The molecule has 0 saturated heterocycles. The van der Waals surface area contributed by atoms with Crippen molar-refractivity contribution in [3.63, 3.8) is 0 Å². The number of amides is 1. The maximum absolute atomic E-state index is 12.0. The van der Waals surface area contributed by atoms with Gasteiger partial charge in [-0.15, -0.1) is 0 Å². The number of hydrogen-bond acceptors (Lipinski definition) is 3. The molecule has 0 aliphatic rings.